The van der Waals surface area contributed by atoms with Gasteiger partial charge in [-0.2, -0.15) is 0 Å². The molecule has 0 spiro atoms. The molecule has 0 radical (unpaired) electrons. The van der Waals surface area contributed by atoms with E-state index in [-0.39, 0.29) is 23.5 Å². The average Bonchev–Trinajstić information content (AvgIpc) is 2.25. The van der Waals surface area contributed by atoms with Gasteiger partial charge in [0.15, 0.2) is 11.5 Å². The Hall–Kier alpha value is -1.59. The predicted octanol–water partition coefficient (Wildman–Crippen LogP) is 4.50. The Bertz CT molecular complexity index is 454. The highest BCUT2D eigenvalue weighted by Crippen LogP contribution is 2.40. The molecule has 0 atom stereocenters. The van der Waals surface area contributed by atoms with Gasteiger partial charge in [0.05, 0.1) is 13.2 Å². The Balaban J connectivity index is 3.30. The van der Waals surface area contributed by atoms with Crippen molar-refractivity contribution in [2.75, 3.05) is 7.11 Å². The zero-order valence-electron chi connectivity index (χ0n) is 12.2. The summed E-state index contributed by atoms with van der Waals surface area (Å²) in [5.41, 5.74) is 0.412. The van der Waals surface area contributed by atoms with Crippen LogP contribution in [0.25, 0.3) is 0 Å². The first-order chi connectivity index (χ1) is 9.14. The number of hydrogen-bond acceptors (Lipinski definition) is 3. The first-order valence-electron chi connectivity index (χ1n) is 6.28. The molecule has 0 aliphatic heterocycles. The predicted molar refractivity (Wildman–Crippen MR) is 69.5 cm³/mol. The molecule has 0 saturated carbocycles. The summed E-state index contributed by atoms with van der Waals surface area (Å²) in [4.78, 5) is 0. The van der Waals surface area contributed by atoms with Crippen molar-refractivity contribution in [1.82, 2.24) is 0 Å². The molecule has 0 aliphatic rings. The van der Waals surface area contributed by atoms with E-state index in [1.807, 2.05) is 0 Å². The Morgan fingerprint density at radius 3 is 1.95 bits per heavy atom. The van der Waals surface area contributed by atoms with Crippen LogP contribution in [-0.4, -0.2) is 19.6 Å². The molecule has 0 bridgehead atoms. The quantitative estimate of drug-likeness (QED) is 0.799. The normalized spacial score (nSPS) is 11.9. The number of benzene rings is 1. The van der Waals surface area contributed by atoms with Crippen LogP contribution >= 0.6 is 0 Å². The standard InChI is InChI=1S/C14H19F3O3/c1-8(2)10-6-12(18-5)13(19-9(3)4)7-11(10)20-14(15,16)17/h6-9H,1-5H3. The molecule has 0 aromatic heterocycles. The fourth-order valence-corrected chi connectivity index (χ4v) is 1.73. The van der Waals surface area contributed by atoms with Gasteiger partial charge in [0.1, 0.15) is 5.75 Å². The topological polar surface area (TPSA) is 27.7 Å². The Kier molecular flexibility index (Phi) is 5.14. The van der Waals surface area contributed by atoms with Crippen molar-refractivity contribution in [3.8, 4) is 17.2 Å². The second-order valence-corrected chi connectivity index (χ2v) is 4.91. The minimum atomic E-state index is -4.74. The van der Waals surface area contributed by atoms with Gasteiger partial charge in [-0.15, -0.1) is 13.2 Å². The molecule has 1 aromatic rings. The lowest BCUT2D eigenvalue weighted by Gasteiger charge is -2.20. The van der Waals surface area contributed by atoms with Crippen LogP contribution in [0.5, 0.6) is 17.2 Å². The molecule has 0 N–H and O–H groups in total. The van der Waals surface area contributed by atoms with E-state index in [0.717, 1.165) is 0 Å². The van der Waals surface area contributed by atoms with Crippen LogP contribution in [0, 0.1) is 0 Å². The van der Waals surface area contributed by atoms with Crippen molar-refractivity contribution in [3.63, 3.8) is 0 Å². The molecule has 20 heavy (non-hydrogen) atoms. The molecule has 0 aliphatic carbocycles. The third kappa shape index (κ3) is 4.51. The van der Waals surface area contributed by atoms with E-state index in [4.69, 9.17) is 9.47 Å². The molecule has 0 unspecified atom stereocenters. The van der Waals surface area contributed by atoms with E-state index in [1.54, 1.807) is 27.7 Å². The molecule has 0 fully saturated rings. The number of ether oxygens (including phenoxy) is 3. The Morgan fingerprint density at radius 2 is 1.55 bits per heavy atom. The first kappa shape index (κ1) is 16.5. The zero-order chi connectivity index (χ0) is 15.5. The van der Waals surface area contributed by atoms with Gasteiger partial charge in [-0.1, -0.05) is 13.8 Å². The Labute approximate surface area is 116 Å². The second kappa shape index (κ2) is 6.24. The largest absolute Gasteiger partial charge is 0.573 e. The highest BCUT2D eigenvalue weighted by molar-refractivity contribution is 5.52. The van der Waals surface area contributed by atoms with E-state index in [9.17, 15) is 13.2 Å². The summed E-state index contributed by atoms with van der Waals surface area (Å²) in [7, 11) is 1.44. The van der Waals surface area contributed by atoms with Crippen LogP contribution < -0.4 is 14.2 Å². The fraction of sp³-hybridized carbons (Fsp3) is 0.571. The highest BCUT2D eigenvalue weighted by Gasteiger charge is 2.33. The lowest BCUT2D eigenvalue weighted by molar-refractivity contribution is -0.275. The van der Waals surface area contributed by atoms with Crippen molar-refractivity contribution in [3.05, 3.63) is 17.7 Å². The van der Waals surface area contributed by atoms with E-state index >= 15 is 0 Å². The van der Waals surface area contributed by atoms with Gasteiger partial charge >= 0.3 is 6.36 Å². The van der Waals surface area contributed by atoms with Gasteiger partial charge in [-0.05, 0) is 25.8 Å². The molecule has 0 amide bonds. The van der Waals surface area contributed by atoms with Crippen LogP contribution in [0.4, 0.5) is 13.2 Å². The maximum absolute atomic E-state index is 12.5. The van der Waals surface area contributed by atoms with E-state index in [2.05, 4.69) is 4.74 Å². The minimum absolute atomic E-state index is 0.144. The van der Waals surface area contributed by atoms with Crippen molar-refractivity contribution in [1.29, 1.82) is 0 Å². The minimum Gasteiger partial charge on any atom is -0.493 e. The van der Waals surface area contributed by atoms with E-state index in [0.29, 0.717) is 11.3 Å². The van der Waals surface area contributed by atoms with Gasteiger partial charge in [0.2, 0.25) is 0 Å². The van der Waals surface area contributed by atoms with Crippen LogP contribution in [0.2, 0.25) is 0 Å². The SMILES string of the molecule is COc1cc(C(C)C)c(OC(F)(F)F)cc1OC(C)C. The summed E-state index contributed by atoms with van der Waals surface area (Å²) in [6.07, 6.45) is -4.93. The van der Waals surface area contributed by atoms with Gasteiger partial charge < -0.3 is 14.2 Å². The first-order valence-corrected chi connectivity index (χ1v) is 6.28. The summed E-state index contributed by atoms with van der Waals surface area (Å²) < 4.78 is 52.1. The van der Waals surface area contributed by atoms with Crippen LogP contribution in [0.15, 0.2) is 12.1 Å². The summed E-state index contributed by atoms with van der Waals surface area (Å²) in [5, 5.41) is 0. The zero-order valence-corrected chi connectivity index (χ0v) is 12.2. The van der Waals surface area contributed by atoms with Crippen molar-refractivity contribution < 1.29 is 27.4 Å². The summed E-state index contributed by atoms with van der Waals surface area (Å²) in [5.74, 6) is 0.210. The summed E-state index contributed by atoms with van der Waals surface area (Å²) >= 11 is 0. The molecular formula is C14H19F3O3. The summed E-state index contributed by atoms with van der Waals surface area (Å²) in [6, 6.07) is 2.74. The van der Waals surface area contributed by atoms with Crippen molar-refractivity contribution in [2.45, 2.75) is 46.1 Å². The molecule has 1 rings (SSSR count). The molecule has 0 heterocycles. The third-order valence-electron chi connectivity index (χ3n) is 2.51. The van der Waals surface area contributed by atoms with Crippen LogP contribution in [-0.2, 0) is 0 Å². The highest BCUT2D eigenvalue weighted by atomic mass is 19.4. The molecule has 114 valence electrons. The van der Waals surface area contributed by atoms with Gasteiger partial charge in [-0.25, -0.2) is 0 Å². The van der Waals surface area contributed by atoms with Crippen molar-refractivity contribution in [2.24, 2.45) is 0 Å². The monoisotopic (exact) mass is 292 g/mol. The number of methoxy groups -OCH3 is 1. The smallest absolute Gasteiger partial charge is 0.493 e. The molecule has 0 saturated heterocycles. The van der Waals surface area contributed by atoms with Crippen molar-refractivity contribution >= 4 is 0 Å². The number of alkyl halides is 3. The number of hydrogen-bond donors (Lipinski definition) is 0. The van der Waals surface area contributed by atoms with E-state index < -0.39 is 6.36 Å². The van der Waals surface area contributed by atoms with Gasteiger partial charge in [0, 0.05) is 11.6 Å². The fourth-order valence-electron chi connectivity index (χ4n) is 1.73. The average molecular weight is 292 g/mol. The Morgan fingerprint density at radius 1 is 0.950 bits per heavy atom. The lowest BCUT2D eigenvalue weighted by atomic mass is 10.0. The number of halogens is 3. The van der Waals surface area contributed by atoms with Gasteiger partial charge in [0.25, 0.3) is 0 Å². The van der Waals surface area contributed by atoms with Crippen LogP contribution in [0.1, 0.15) is 39.2 Å². The van der Waals surface area contributed by atoms with Crippen LogP contribution in [0.3, 0.4) is 0 Å². The van der Waals surface area contributed by atoms with E-state index in [1.165, 1.54) is 19.2 Å². The third-order valence-corrected chi connectivity index (χ3v) is 2.51. The second-order valence-electron chi connectivity index (χ2n) is 4.91. The molecule has 6 heteroatoms. The molecule has 3 nitrogen and oxygen atoms in total. The number of rotatable bonds is 5. The maximum Gasteiger partial charge on any atom is 0.573 e. The molecular weight excluding hydrogens is 273 g/mol. The molecule has 1 aromatic carbocycles. The maximum atomic E-state index is 12.5. The van der Waals surface area contributed by atoms with Gasteiger partial charge in [-0.3, -0.25) is 0 Å². The lowest BCUT2D eigenvalue weighted by Crippen LogP contribution is -2.19. The summed E-state index contributed by atoms with van der Waals surface area (Å²) in [6.45, 7) is 7.11.